The lowest BCUT2D eigenvalue weighted by atomic mass is 9.90. The smallest absolute Gasteiger partial charge is 0.255 e. The third kappa shape index (κ3) is 3.98. The number of hydrogen-bond donors (Lipinski definition) is 2. The summed E-state index contributed by atoms with van der Waals surface area (Å²) in [5.74, 6) is 0.486. The molecule has 0 bridgehead atoms. The molecular weight excluding hydrogens is 294 g/mol. The lowest BCUT2D eigenvalue weighted by Crippen LogP contribution is -2.34. The van der Waals surface area contributed by atoms with E-state index in [1.165, 1.54) is 0 Å². The van der Waals surface area contributed by atoms with E-state index in [9.17, 15) is 4.79 Å². The van der Waals surface area contributed by atoms with Gasteiger partial charge in [-0.15, -0.1) is 0 Å². The Hall–Kier alpha value is -1.10. The first-order valence-corrected chi connectivity index (χ1v) is 6.80. The van der Waals surface area contributed by atoms with Gasteiger partial charge in [0, 0.05) is 24.3 Å². The number of nitrogens with zero attached hydrogens (tertiary/aromatic N) is 1. The van der Waals surface area contributed by atoms with Gasteiger partial charge >= 0.3 is 0 Å². The number of hydrogen-bond acceptors (Lipinski definition) is 3. The summed E-state index contributed by atoms with van der Waals surface area (Å²) in [4.78, 5) is 16.3. The number of anilines is 1. The van der Waals surface area contributed by atoms with E-state index in [1.807, 2.05) is 0 Å². The predicted octanol–water partition coefficient (Wildman–Crippen LogP) is 3.05. The van der Waals surface area contributed by atoms with E-state index in [1.54, 1.807) is 19.3 Å². The highest BCUT2D eigenvalue weighted by atomic mass is 79.9. The molecule has 4 nitrogen and oxygen atoms in total. The predicted molar refractivity (Wildman–Crippen MR) is 77.9 cm³/mol. The van der Waals surface area contributed by atoms with E-state index in [4.69, 9.17) is 0 Å². The largest absolute Gasteiger partial charge is 0.372 e. The van der Waals surface area contributed by atoms with E-state index in [2.05, 4.69) is 52.3 Å². The van der Waals surface area contributed by atoms with Crippen LogP contribution in [-0.4, -0.2) is 24.5 Å². The number of carbonyl (C=O) groups is 1. The summed E-state index contributed by atoms with van der Waals surface area (Å²) in [5, 5.41) is 5.87. The first-order valence-electron chi connectivity index (χ1n) is 6.01. The number of nitrogens with one attached hydrogen (secondary N) is 2. The molecule has 5 heteroatoms. The topological polar surface area (TPSA) is 54.0 Å². The molecule has 100 valence electrons. The minimum atomic E-state index is -0.102. The highest BCUT2D eigenvalue weighted by Gasteiger charge is 2.18. The van der Waals surface area contributed by atoms with Crippen molar-refractivity contribution < 1.29 is 4.79 Å². The van der Waals surface area contributed by atoms with Gasteiger partial charge in [-0.05, 0) is 33.8 Å². The van der Waals surface area contributed by atoms with Crippen LogP contribution in [0.15, 0.2) is 16.7 Å². The summed E-state index contributed by atoms with van der Waals surface area (Å²) in [7, 11) is 1.75. The van der Waals surface area contributed by atoms with Crippen LogP contribution in [0.1, 0.15) is 37.6 Å². The summed E-state index contributed by atoms with van der Waals surface area (Å²) in [6.07, 6.45) is 2.68. The Kier molecular flexibility index (Phi) is 5.14. The standard InChI is InChI=1S/C13H20BrN3O/c1-5-13(2,3)8-17-12(18)10-6-9(14)7-16-11(10)15-4/h6-7H,5,8H2,1-4H3,(H,15,16)(H,17,18). The number of amides is 1. The van der Waals surface area contributed by atoms with Gasteiger partial charge in [0.2, 0.25) is 0 Å². The van der Waals surface area contributed by atoms with Crippen molar-refractivity contribution in [2.24, 2.45) is 5.41 Å². The van der Waals surface area contributed by atoms with Gasteiger partial charge < -0.3 is 10.6 Å². The molecular formula is C13H20BrN3O. The Balaban J connectivity index is 2.81. The highest BCUT2D eigenvalue weighted by molar-refractivity contribution is 9.10. The van der Waals surface area contributed by atoms with Gasteiger partial charge in [-0.25, -0.2) is 4.98 Å². The van der Waals surface area contributed by atoms with Crippen molar-refractivity contribution in [1.82, 2.24) is 10.3 Å². The van der Waals surface area contributed by atoms with Crippen molar-refractivity contribution in [2.75, 3.05) is 18.9 Å². The maximum atomic E-state index is 12.1. The van der Waals surface area contributed by atoms with Crippen LogP contribution >= 0.6 is 15.9 Å². The molecule has 1 heterocycles. The second kappa shape index (κ2) is 6.18. The second-order valence-electron chi connectivity index (χ2n) is 5.00. The first-order chi connectivity index (χ1) is 8.39. The zero-order valence-corrected chi connectivity index (χ0v) is 12.9. The minimum Gasteiger partial charge on any atom is -0.372 e. The molecule has 1 rings (SSSR count). The molecule has 0 aliphatic rings. The van der Waals surface area contributed by atoms with Crippen molar-refractivity contribution in [2.45, 2.75) is 27.2 Å². The molecule has 0 saturated carbocycles. The van der Waals surface area contributed by atoms with Crippen molar-refractivity contribution in [1.29, 1.82) is 0 Å². The van der Waals surface area contributed by atoms with E-state index in [0.29, 0.717) is 17.9 Å². The molecule has 2 N–H and O–H groups in total. The van der Waals surface area contributed by atoms with Gasteiger partial charge in [-0.2, -0.15) is 0 Å². The molecule has 1 aromatic rings. The molecule has 0 spiro atoms. The van der Waals surface area contributed by atoms with Crippen LogP contribution in [0.3, 0.4) is 0 Å². The summed E-state index contributed by atoms with van der Waals surface area (Å²) < 4.78 is 0.793. The summed E-state index contributed by atoms with van der Waals surface area (Å²) in [6, 6.07) is 1.77. The van der Waals surface area contributed by atoms with Crippen molar-refractivity contribution in [3.63, 3.8) is 0 Å². The SMILES string of the molecule is CCC(C)(C)CNC(=O)c1cc(Br)cnc1NC. The molecule has 0 radical (unpaired) electrons. The van der Waals surface area contributed by atoms with Gasteiger partial charge in [0.25, 0.3) is 5.91 Å². The van der Waals surface area contributed by atoms with Crippen LogP contribution < -0.4 is 10.6 Å². The van der Waals surface area contributed by atoms with Crippen LogP contribution in [0.4, 0.5) is 5.82 Å². The van der Waals surface area contributed by atoms with Crippen molar-refractivity contribution in [3.8, 4) is 0 Å². The van der Waals surface area contributed by atoms with Crippen LogP contribution in [-0.2, 0) is 0 Å². The van der Waals surface area contributed by atoms with Crippen LogP contribution in [0, 0.1) is 5.41 Å². The molecule has 0 unspecified atom stereocenters. The van der Waals surface area contributed by atoms with Crippen molar-refractivity contribution >= 4 is 27.7 Å². The normalized spacial score (nSPS) is 11.2. The molecule has 18 heavy (non-hydrogen) atoms. The zero-order chi connectivity index (χ0) is 13.8. The third-order valence-corrected chi connectivity index (χ3v) is 3.45. The second-order valence-corrected chi connectivity index (χ2v) is 5.92. The number of pyridine rings is 1. The Labute approximate surface area is 117 Å². The maximum Gasteiger partial charge on any atom is 0.255 e. The van der Waals surface area contributed by atoms with E-state index in [-0.39, 0.29) is 11.3 Å². The van der Waals surface area contributed by atoms with Crippen LogP contribution in [0.2, 0.25) is 0 Å². The highest BCUT2D eigenvalue weighted by Crippen LogP contribution is 2.20. The molecule has 1 amide bonds. The quantitative estimate of drug-likeness (QED) is 0.878. The number of aromatic nitrogens is 1. The Morgan fingerprint density at radius 2 is 2.17 bits per heavy atom. The van der Waals surface area contributed by atoms with Gasteiger partial charge in [-0.3, -0.25) is 4.79 Å². The fourth-order valence-corrected chi connectivity index (χ4v) is 1.68. The van der Waals surface area contributed by atoms with E-state index >= 15 is 0 Å². The molecule has 0 aromatic carbocycles. The summed E-state index contributed by atoms with van der Waals surface area (Å²) >= 11 is 3.33. The number of rotatable bonds is 5. The van der Waals surface area contributed by atoms with Crippen LogP contribution in [0.25, 0.3) is 0 Å². The monoisotopic (exact) mass is 313 g/mol. The van der Waals surface area contributed by atoms with Crippen LogP contribution in [0.5, 0.6) is 0 Å². The lowest BCUT2D eigenvalue weighted by molar-refractivity contribution is 0.0936. The Morgan fingerprint density at radius 1 is 1.50 bits per heavy atom. The number of halogens is 1. The molecule has 0 aliphatic carbocycles. The summed E-state index contributed by atoms with van der Waals surface area (Å²) in [6.45, 7) is 7.03. The molecule has 0 atom stereocenters. The third-order valence-electron chi connectivity index (χ3n) is 3.02. The van der Waals surface area contributed by atoms with Gasteiger partial charge in [-0.1, -0.05) is 20.8 Å². The fourth-order valence-electron chi connectivity index (χ4n) is 1.35. The molecule has 0 saturated heterocycles. The van der Waals surface area contributed by atoms with Gasteiger partial charge in [0.15, 0.2) is 0 Å². The van der Waals surface area contributed by atoms with Crippen molar-refractivity contribution in [3.05, 3.63) is 22.3 Å². The first kappa shape index (κ1) is 15.0. The Morgan fingerprint density at radius 3 is 2.72 bits per heavy atom. The minimum absolute atomic E-state index is 0.102. The van der Waals surface area contributed by atoms with Gasteiger partial charge in [0.05, 0.1) is 5.56 Å². The molecule has 1 aromatic heterocycles. The van der Waals surface area contributed by atoms with Gasteiger partial charge in [0.1, 0.15) is 5.82 Å². The van der Waals surface area contributed by atoms with E-state index < -0.39 is 0 Å². The zero-order valence-electron chi connectivity index (χ0n) is 11.3. The number of carbonyl (C=O) groups excluding carboxylic acids is 1. The molecule has 0 aliphatic heterocycles. The average molecular weight is 314 g/mol. The maximum absolute atomic E-state index is 12.1. The average Bonchev–Trinajstić information content (AvgIpc) is 2.36. The lowest BCUT2D eigenvalue weighted by Gasteiger charge is -2.23. The Bertz CT molecular complexity index is 432. The fraction of sp³-hybridized carbons (Fsp3) is 0.538. The van der Waals surface area contributed by atoms with E-state index in [0.717, 1.165) is 10.9 Å². The summed E-state index contributed by atoms with van der Waals surface area (Å²) in [5.41, 5.74) is 0.660. The molecule has 0 fully saturated rings.